The number of hydrogen-bond acceptors (Lipinski definition) is 5. The number of carbonyl (C=O) groups is 1. The molecule has 0 aromatic heterocycles. The maximum absolute atomic E-state index is 11.3. The van der Waals surface area contributed by atoms with Crippen molar-refractivity contribution in [2.75, 3.05) is 19.8 Å². The van der Waals surface area contributed by atoms with E-state index >= 15 is 0 Å². The Kier molecular flexibility index (Phi) is 8.64. The van der Waals surface area contributed by atoms with Crippen LogP contribution in [0.25, 0.3) is 0 Å². The predicted molar refractivity (Wildman–Crippen MR) is 76.5 cm³/mol. The highest BCUT2D eigenvalue weighted by molar-refractivity contribution is 5.92. The van der Waals surface area contributed by atoms with Gasteiger partial charge in [0.15, 0.2) is 5.92 Å². The molecule has 1 aliphatic rings. The lowest BCUT2D eigenvalue weighted by atomic mass is 9.98. The third-order valence-electron chi connectivity index (χ3n) is 3.27. The summed E-state index contributed by atoms with van der Waals surface area (Å²) >= 11 is 0. The molecule has 0 amide bonds. The molecular weight excluding hydrogens is 256 g/mol. The summed E-state index contributed by atoms with van der Waals surface area (Å²) in [4.78, 5) is 15.4. The first-order valence-electron chi connectivity index (χ1n) is 7.45. The summed E-state index contributed by atoms with van der Waals surface area (Å²) < 4.78 is 10.5. The Balaban J connectivity index is 2.11. The fraction of sp³-hybridized carbons (Fsp3) is 0.800. The molecule has 1 atom stereocenters. The standard InChI is InChI=1S/C15H24N2O3/c1-2-19-15(18)13(11-16)12-17-9-6-10-20-14-7-4-3-5-8-14/h12-14H,2-10H2,1H3/t13-/m1/s1. The highest BCUT2D eigenvalue weighted by atomic mass is 16.5. The summed E-state index contributed by atoms with van der Waals surface area (Å²) in [5.74, 6) is -1.42. The van der Waals surface area contributed by atoms with Gasteiger partial charge in [-0.05, 0) is 26.2 Å². The molecule has 5 nitrogen and oxygen atoms in total. The van der Waals surface area contributed by atoms with Crippen LogP contribution in [0.3, 0.4) is 0 Å². The van der Waals surface area contributed by atoms with Gasteiger partial charge in [-0.2, -0.15) is 5.26 Å². The van der Waals surface area contributed by atoms with Gasteiger partial charge in [-0.1, -0.05) is 19.3 Å². The maximum atomic E-state index is 11.3. The summed E-state index contributed by atoms with van der Waals surface area (Å²) in [6.07, 6.45) is 8.81. The number of aliphatic imine (C=N–C) groups is 1. The first-order chi connectivity index (χ1) is 9.77. The number of ether oxygens (including phenoxy) is 2. The van der Waals surface area contributed by atoms with E-state index in [0.717, 1.165) is 6.42 Å². The molecule has 0 N–H and O–H groups in total. The molecule has 5 heteroatoms. The Morgan fingerprint density at radius 3 is 2.85 bits per heavy atom. The Morgan fingerprint density at radius 2 is 2.20 bits per heavy atom. The highest BCUT2D eigenvalue weighted by Gasteiger charge is 2.16. The zero-order valence-electron chi connectivity index (χ0n) is 12.2. The van der Waals surface area contributed by atoms with Crippen LogP contribution in [0.4, 0.5) is 0 Å². The predicted octanol–water partition coefficient (Wildman–Crippen LogP) is 2.50. The summed E-state index contributed by atoms with van der Waals surface area (Å²) in [6.45, 7) is 3.26. The minimum Gasteiger partial charge on any atom is -0.465 e. The Hall–Kier alpha value is -1.41. The van der Waals surface area contributed by atoms with Crippen molar-refractivity contribution in [3.8, 4) is 6.07 Å². The molecule has 0 spiro atoms. The SMILES string of the molecule is CCOC(=O)[C@H](C#N)C=NCCCOC1CCCCC1. The summed E-state index contributed by atoms with van der Waals surface area (Å²) in [5, 5.41) is 8.83. The molecule has 0 bridgehead atoms. The van der Waals surface area contributed by atoms with Crippen LogP contribution in [0.2, 0.25) is 0 Å². The molecule has 0 aromatic rings. The third-order valence-corrected chi connectivity index (χ3v) is 3.27. The lowest BCUT2D eigenvalue weighted by Crippen LogP contribution is -2.18. The fourth-order valence-corrected chi connectivity index (χ4v) is 2.20. The molecule has 1 fully saturated rings. The molecule has 0 radical (unpaired) electrons. The number of hydrogen-bond donors (Lipinski definition) is 0. The Bertz CT molecular complexity index is 344. The topological polar surface area (TPSA) is 71.7 Å². The van der Waals surface area contributed by atoms with Gasteiger partial charge in [0.25, 0.3) is 0 Å². The molecule has 1 saturated carbocycles. The van der Waals surface area contributed by atoms with Crippen molar-refractivity contribution >= 4 is 12.2 Å². The molecule has 0 heterocycles. The van der Waals surface area contributed by atoms with Gasteiger partial charge in [-0.25, -0.2) is 0 Å². The molecule has 112 valence electrons. The normalized spacial score (nSPS) is 17.8. The molecule has 1 rings (SSSR count). The monoisotopic (exact) mass is 280 g/mol. The van der Waals surface area contributed by atoms with Crippen LogP contribution in [0.1, 0.15) is 45.4 Å². The van der Waals surface area contributed by atoms with E-state index in [9.17, 15) is 4.79 Å². The smallest absolute Gasteiger partial charge is 0.328 e. The maximum Gasteiger partial charge on any atom is 0.328 e. The van der Waals surface area contributed by atoms with Gasteiger partial charge in [0.2, 0.25) is 0 Å². The average Bonchev–Trinajstić information content (AvgIpc) is 2.48. The van der Waals surface area contributed by atoms with Crippen LogP contribution in [0.15, 0.2) is 4.99 Å². The van der Waals surface area contributed by atoms with Gasteiger partial charge < -0.3 is 9.47 Å². The number of nitriles is 1. The number of nitrogens with zero attached hydrogens (tertiary/aromatic N) is 2. The molecule has 0 aliphatic heterocycles. The molecule has 0 unspecified atom stereocenters. The van der Waals surface area contributed by atoms with E-state index in [4.69, 9.17) is 14.7 Å². The largest absolute Gasteiger partial charge is 0.465 e. The van der Waals surface area contributed by atoms with Crippen LogP contribution in [0.5, 0.6) is 0 Å². The molecule has 0 aromatic carbocycles. The quantitative estimate of drug-likeness (QED) is 0.389. The second-order valence-electron chi connectivity index (χ2n) is 4.90. The molecule has 0 saturated heterocycles. The van der Waals surface area contributed by atoms with Crippen molar-refractivity contribution < 1.29 is 14.3 Å². The summed E-state index contributed by atoms with van der Waals surface area (Å²) in [7, 11) is 0. The zero-order valence-corrected chi connectivity index (χ0v) is 12.2. The van der Waals surface area contributed by atoms with Gasteiger partial charge in [0.1, 0.15) is 0 Å². The third kappa shape index (κ3) is 6.67. The zero-order chi connectivity index (χ0) is 14.6. The van der Waals surface area contributed by atoms with Crippen LogP contribution >= 0.6 is 0 Å². The van der Waals surface area contributed by atoms with Crippen molar-refractivity contribution in [2.45, 2.75) is 51.6 Å². The van der Waals surface area contributed by atoms with Gasteiger partial charge in [0, 0.05) is 19.4 Å². The van der Waals surface area contributed by atoms with E-state index in [1.54, 1.807) is 6.92 Å². The van der Waals surface area contributed by atoms with Crippen molar-refractivity contribution in [2.24, 2.45) is 10.9 Å². The lowest BCUT2D eigenvalue weighted by molar-refractivity contribution is -0.143. The van der Waals surface area contributed by atoms with Crippen molar-refractivity contribution in [1.82, 2.24) is 0 Å². The van der Waals surface area contributed by atoms with Crippen LogP contribution in [-0.4, -0.2) is 38.0 Å². The number of rotatable bonds is 8. The summed E-state index contributed by atoms with van der Waals surface area (Å²) in [5.41, 5.74) is 0. The van der Waals surface area contributed by atoms with E-state index in [1.165, 1.54) is 38.3 Å². The van der Waals surface area contributed by atoms with E-state index in [-0.39, 0.29) is 6.61 Å². The van der Waals surface area contributed by atoms with Crippen molar-refractivity contribution in [3.63, 3.8) is 0 Å². The van der Waals surface area contributed by atoms with Gasteiger partial charge in [-0.15, -0.1) is 0 Å². The van der Waals surface area contributed by atoms with E-state index < -0.39 is 11.9 Å². The first-order valence-corrected chi connectivity index (χ1v) is 7.45. The fourth-order valence-electron chi connectivity index (χ4n) is 2.20. The minimum absolute atomic E-state index is 0.278. The van der Waals surface area contributed by atoms with Crippen LogP contribution in [-0.2, 0) is 14.3 Å². The van der Waals surface area contributed by atoms with Gasteiger partial charge >= 0.3 is 5.97 Å². The van der Waals surface area contributed by atoms with Gasteiger partial charge in [0.05, 0.1) is 18.8 Å². The Labute approximate surface area is 121 Å². The molecule has 20 heavy (non-hydrogen) atoms. The van der Waals surface area contributed by atoms with Crippen molar-refractivity contribution in [3.05, 3.63) is 0 Å². The van der Waals surface area contributed by atoms with Gasteiger partial charge in [-0.3, -0.25) is 9.79 Å². The van der Waals surface area contributed by atoms with Crippen molar-refractivity contribution in [1.29, 1.82) is 5.26 Å². The lowest BCUT2D eigenvalue weighted by Gasteiger charge is -2.21. The number of carbonyl (C=O) groups excluding carboxylic acids is 1. The van der Waals surface area contributed by atoms with Crippen LogP contribution < -0.4 is 0 Å². The molecular formula is C15H24N2O3. The minimum atomic E-state index is -0.894. The van der Waals surface area contributed by atoms with E-state index in [0.29, 0.717) is 19.3 Å². The summed E-state index contributed by atoms with van der Waals surface area (Å²) in [6, 6.07) is 1.87. The first kappa shape index (κ1) is 16.6. The average molecular weight is 280 g/mol. The highest BCUT2D eigenvalue weighted by Crippen LogP contribution is 2.20. The van der Waals surface area contributed by atoms with E-state index in [1.807, 2.05) is 6.07 Å². The second kappa shape index (κ2) is 10.4. The van der Waals surface area contributed by atoms with Crippen LogP contribution in [0, 0.1) is 17.2 Å². The van der Waals surface area contributed by atoms with E-state index in [2.05, 4.69) is 4.99 Å². The number of esters is 1. The Morgan fingerprint density at radius 1 is 1.45 bits per heavy atom. The molecule has 1 aliphatic carbocycles. The second-order valence-corrected chi connectivity index (χ2v) is 4.90.